The molecular formula is C13H14F2N2O3. The van der Waals surface area contributed by atoms with Crippen molar-refractivity contribution in [1.82, 2.24) is 4.90 Å². The molecule has 0 bridgehead atoms. The van der Waals surface area contributed by atoms with Gasteiger partial charge in [0.1, 0.15) is 5.82 Å². The highest BCUT2D eigenvalue weighted by atomic mass is 19.1. The van der Waals surface area contributed by atoms with Crippen LogP contribution in [0.2, 0.25) is 0 Å². The Morgan fingerprint density at radius 3 is 2.65 bits per heavy atom. The van der Waals surface area contributed by atoms with E-state index in [2.05, 4.69) is 6.58 Å². The molecule has 0 spiro atoms. The molecule has 7 heteroatoms. The zero-order valence-electron chi connectivity index (χ0n) is 10.9. The van der Waals surface area contributed by atoms with E-state index in [9.17, 15) is 23.7 Å². The fourth-order valence-electron chi connectivity index (χ4n) is 1.62. The van der Waals surface area contributed by atoms with Crippen molar-refractivity contribution < 1.29 is 18.5 Å². The Balaban J connectivity index is 2.96. The molecule has 0 unspecified atom stereocenters. The van der Waals surface area contributed by atoms with E-state index in [1.165, 1.54) is 11.9 Å². The molecule has 0 saturated heterocycles. The Bertz CT molecular complexity index is 547. The van der Waals surface area contributed by atoms with Gasteiger partial charge in [-0.3, -0.25) is 14.9 Å². The number of carbonyl (C=O) groups is 1. The van der Waals surface area contributed by atoms with Crippen molar-refractivity contribution in [3.05, 3.63) is 52.1 Å². The van der Waals surface area contributed by atoms with Gasteiger partial charge < -0.3 is 4.90 Å². The maximum atomic E-state index is 13.7. The Morgan fingerprint density at radius 2 is 2.10 bits per heavy atom. The summed E-state index contributed by atoms with van der Waals surface area (Å²) in [5.41, 5.74) is -1.51. The van der Waals surface area contributed by atoms with Gasteiger partial charge >= 0.3 is 5.69 Å². The molecule has 5 nitrogen and oxygen atoms in total. The van der Waals surface area contributed by atoms with Crippen molar-refractivity contribution in [3.63, 3.8) is 0 Å². The van der Waals surface area contributed by atoms with Gasteiger partial charge in [0.25, 0.3) is 5.91 Å². The molecule has 0 fully saturated rings. The number of amides is 1. The normalized spacial score (nSPS) is 10.2. The number of hydrogen-bond donors (Lipinski definition) is 0. The second-order valence-electron chi connectivity index (χ2n) is 4.20. The van der Waals surface area contributed by atoms with Gasteiger partial charge in [0.2, 0.25) is 5.82 Å². The van der Waals surface area contributed by atoms with E-state index in [0.717, 1.165) is 0 Å². The molecule has 0 heterocycles. The van der Waals surface area contributed by atoms with Gasteiger partial charge in [-0.1, -0.05) is 6.08 Å². The van der Waals surface area contributed by atoms with Crippen LogP contribution in [0.3, 0.4) is 0 Å². The van der Waals surface area contributed by atoms with Crippen LogP contribution in [0.1, 0.15) is 23.2 Å². The minimum absolute atomic E-state index is 0.350. The lowest BCUT2D eigenvalue weighted by atomic mass is 10.1. The maximum absolute atomic E-state index is 13.7. The standard InChI is InChI=1S/C13H14F2N2O3/c1-3-4-5-6-16(2)13(18)9-7-11(15)12(17(19)20)8-10(9)14/h3,7-8H,1,4-6H2,2H3. The molecule has 1 amide bonds. The zero-order chi connectivity index (χ0) is 15.3. The molecule has 0 aliphatic rings. The predicted octanol–water partition coefficient (Wildman–Crippen LogP) is 2.91. The molecule has 0 aliphatic carbocycles. The highest BCUT2D eigenvalue weighted by Crippen LogP contribution is 2.22. The van der Waals surface area contributed by atoms with Crippen LogP contribution in [0.5, 0.6) is 0 Å². The van der Waals surface area contributed by atoms with Gasteiger partial charge in [0.05, 0.1) is 16.6 Å². The van der Waals surface area contributed by atoms with Gasteiger partial charge in [-0.2, -0.15) is 4.39 Å². The van der Waals surface area contributed by atoms with Crippen LogP contribution < -0.4 is 0 Å². The first-order valence-electron chi connectivity index (χ1n) is 5.88. The third-order valence-corrected chi connectivity index (χ3v) is 2.71. The average Bonchev–Trinajstić information content (AvgIpc) is 2.40. The third-order valence-electron chi connectivity index (χ3n) is 2.71. The smallest absolute Gasteiger partial charge is 0.307 e. The number of unbranched alkanes of at least 4 members (excludes halogenated alkanes) is 1. The van der Waals surface area contributed by atoms with Gasteiger partial charge in [-0.05, 0) is 18.9 Å². The van der Waals surface area contributed by atoms with Crippen LogP contribution in [0.4, 0.5) is 14.5 Å². The summed E-state index contributed by atoms with van der Waals surface area (Å²) in [6.45, 7) is 3.89. The lowest BCUT2D eigenvalue weighted by molar-refractivity contribution is -0.387. The largest absolute Gasteiger partial charge is 0.342 e. The van der Waals surface area contributed by atoms with E-state index in [1.54, 1.807) is 6.08 Å². The van der Waals surface area contributed by atoms with E-state index in [0.29, 0.717) is 31.5 Å². The summed E-state index contributed by atoms with van der Waals surface area (Å²) in [6, 6.07) is 0.972. The number of nitro groups is 1. The molecule has 0 aliphatic heterocycles. The number of halogens is 2. The molecule has 0 radical (unpaired) electrons. The van der Waals surface area contributed by atoms with Gasteiger partial charge in [0.15, 0.2) is 0 Å². The number of carbonyl (C=O) groups excluding carboxylic acids is 1. The van der Waals surface area contributed by atoms with Crippen LogP contribution in [-0.2, 0) is 0 Å². The number of allylic oxidation sites excluding steroid dienone is 1. The Labute approximate surface area is 114 Å². The Morgan fingerprint density at radius 1 is 1.45 bits per heavy atom. The first kappa shape index (κ1) is 15.7. The van der Waals surface area contributed by atoms with E-state index in [-0.39, 0.29) is 0 Å². The minimum Gasteiger partial charge on any atom is -0.342 e. The van der Waals surface area contributed by atoms with Crippen LogP contribution in [0.15, 0.2) is 24.8 Å². The lowest BCUT2D eigenvalue weighted by Gasteiger charge is -2.17. The molecule has 1 aromatic rings. The summed E-state index contributed by atoms with van der Waals surface area (Å²) >= 11 is 0. The third kappa shape index (κ3) is 3.59. The van der Waals surface area contributed by atoms with Gasteiger partial charge in [-0.15, -0.1) is 6.58 Å². The molecule has 0 atom stereocenters. The topological polar surface area (TPSA) is 63.5 Å². The van der Waals surface area contributed by atoms with Crippen LogP contribution in [0, 0.1) is 21.7 Å². The second kappa shape index (κ2) is 6.74. The predicted molar refractivity (Wildman–Crippen MR) is 69.4 cm³/mol. The van der Waals surface area contributed by atoms with Crippen molar-refractivity contribution in [2.75, 3.05) is 13.6 Å². The van der Waals surface area contributed by atoms with Crippen LogP contribution in [0.25, 0.3) is 0 Å². The second-order valence-corrected chi connectivity index (χ2v) is 4.20. The Hall–Kier alpha value is -2.31. The molecule has 0 N–H and O–H groups in total. The molecule has 1 rings (SSSR count). The van der Waals surface area contributed by atoms with Crippen molar-refractivity contribution >= 4 is 11.6 Å². The fraction of sp³-hybridized carbons (Fsp3) is 0.308. The van der Waals surface area contributed by atoms with E-state index >= 15 is 0 Å². The average molecular weight is 284 g/mol. The van der Waals surface area contributed by atoms with Gasteiger partial charge in [0, 0.05) is 13.6 Å². The summed E-state index contributed by atoms with van der Waals surface area (Å²) in [5.74, 6) is -3.07. The maximum Gasteiger partial charge on any atom is 0.307 e. The summed E-state index contributed by atoms with van der Waals surface area (Å²) in [4.78, 5) is 22.6. The minimum atomic E-state index is -1.24. The number of hydrogen-bond acceptors (Lipinski definition) is 3. The monoisotopic (exact) mass is 284 g/mol. The molecule has 0 aromatic heterocycles. The fourth-order valence-corrected chi connectivity index (χ4v) is 1.62. The summed E-state index contributed by atoms with van der Waals surface area (Å²) in [7, 11) is 1.45. The van der Waals surface area contributed by atoms with E-state index in [4.69, 9.17) is 0 Å². The summed E-state index contributed by atoms with van der Waals surface area (Å²) < 4.78 is 27.1. The van der Waals surface area contributed by atoms with Crippen molar-refractivity contribution in [1.29, 1.82) is 0 Å². The van der Waals surface area contributed by atoms with Crippen LogP contribution in [-0.4, -0.2) is 29.3 Å². The molecule has 1 aromatic carbocycles. The Kier molecular flexibility index (Phi) is 5.31. The molecule has 0 saturated carbocycles. The lowest BCUT2D eigenvalue weighted by Crippen LogP contribution is -2.28. The van der Waals surface area contributed by atoms with E-state index < -0.39 is 33.7 Å². The molecular weight excluding hydrogens is 270 g/mol. The van der Waals surface area contributed by atoms with Crippen molar-refractivity contribution in [2.45, 2.75) is 12.8 Å². The van der Waals surface area contributed by atoms with Gasteiger partial charge in [-0.25, -0.2) is 4.39 Å². The highest BCUT2D eigenvalue weighted by Gasteiger charge is 2.23. The molecule has 108 valence electrons. The number of rotatable bonds is 6. The zero-order valence-corrected chi connectivity index (χ0v) is 10.9. The number of benzene rings is 1. The number of nitrogens with zero attached hydrogens (tertiary/aromatic N) is 2. The number of nitro benzene ring substituents is 1. The SMILES string of the molecule is C=CCCCN(C)C(=O)c1cc(F)c([N+](=O)[O-])cc1F. The first-order chi connectivity index (χ1) is 9.38. The van der Waals surface area contributed by atoms with Crippen molar-refractivity contribution in [2.24, 2.45) is 0 Å². The van der Waals surface area contributed by atoms with Crippen LogP contribution >= 0.6 is 0 Å². The summed E-state index contributed by atoms with van der Waals surface area (Å²) in [6.07, 6.45) is 3.02. The highest BCUT2D eigenvalue weighted by molar-refractivity contribution is 5.94. The van der Waals surface area contributed by atoms with E-state index in [1.807, 2.05) is 0 Å². The summed E-state index contributed by atoms with van der Waals surface area (Å²) in [5, 5.41) is 10.5. The quantitative estimate of drug-likeness (QED) is 0.349. The molecule has 20 heavy (non-hydrogen) atoms. The van der Waals surface area contributed by atoms with Crippen molar-refractivity contribution in [3.8, 4) is 0 Å². The first-order valence-corrected chi connectivity index (χ1v) is 5.88.